The van der Waals surface area contributed by atoms with Gasteiger partial charge in [0.15, 0.2) is 0 Å². The summed E-state index contributed by atoms with van der Waals surface area (Å²) in [6, 6.07) is 4.79. The molecule has 4 nitrogen and oxygen atoms in total. The molecule has 0 amide bonds. The van der Waals surface area contributed by atoms with Crippen molar-refractivity contribution in [3.05, 3.63) is 29.6 Å². The smallest absolute Gasteiger partial charge is 0.211 e. The van der Waals surface area contributed by atoms with Gasteiger partial charge in [-0.05, 0) is 30.9 Å². The minimum absolute atomic E-state index is 0.0951. The number of rotatable bonds is 6. The molecule has 7 heteroatoms. The van der Waals surface area contributed by atoms with Crippen molar-refractivity contribution < 1.29 is 12.8 Å². The first-order chi connectivity index (χ1) is 8.90. The molecule has 0 fully saturated rings. The van der Waals surface area contributed by atoms with Gasteiger partial charge in [-0.15, -0.1) is 0 Å². The number of hydrogen-bond donors (Lipinski definition) is 1. The van der Waals surface area contributed by atoms with Crippen molar-refractivity contribution >= 4 is 21.8 Å². The van der Waals surface area contributed by atoms with Crippen LogP contribution in [-0.4, -0.2) is 26.5 Å². The zero-order valence-corrected chi connectivity index (χ0v) is 12.3. The largest absolute Gasteiger partial charge is 0.240 e. The van der Waals surface area contributed by atoms with E-state index in [1.54, 1.807) is 17.8 Å². The second-order valence-corrected chi connectivity index (χ2v) is 7.03. The van der Waals surface area contributed by atoms with Gasteiger partial charge in [-0.1, -0.05) is 6.92 Å². The summed E-state index contributed by atoms with van der Waals surface area (Å²) < 4.78 is 39.4. The number of nitriles is 1. The topological polar surface area (TPSA) is 70.0 Å². The fourth-order valence-corrected chi connectivity index (χ4v) is 2.78. The van der Waals surface area contributed by atoms with Crippen molar-refractivity contribution in [2.75, 3.05) is 12.8 Å². The highest BCUT2D eigenvalue weighted by atomic mass is 32.2. The maximum atomic E-state index is 13.1. The molecule has 0 aliphatic rings. The fourth-order valence-electron chi connectivity index (χ4n) is 1.35. The quantitative estimate of drug-likeness (QED) is 0.874. The van der Waals surface area contributed by atoms with Crippen molar-refractivity contribution in [2.45, 2.75) is 23.5 Å². The summed E-state index contributed by atoms with van der Waals surface area (Å²) in [4.78, 5) is -0.0951. The Morgan fingerprint density at radius 1 is 1.53 bits per heavy atom. The van der Waals surface area contributed by atoms with Crippen molar-refractivity contribution in [1.82, 2.24) is 4.72 Å². The fraction of sp³-hybridized carbons (Fsp3) is 0.417. The Kier molecular flexibility index (Phi) is 5.79. The summed E-state index contributed by atoms with van der Waals surface area (Å²) in [5.74, 6) is -0.725. The highest BCUT2D eigenvalue weighted by Crippen LogP contribution is 2.15. The molecular formula is C12H15FN2O2S2. The van der Waals surface area contributed by atoms with Gasteiger partial charge < -0.3 is 0 Å². The van der Waals surface area contributed by atoms with Crippen LogP contribution in [0.15, 0.2) is 23.1 Å². The molecule has 0 heterocycles. The zero-order chi connectivity index (χ0) is 14.5. The predicted octanol–water partition coefficient (Wildman–Crippen LogP) is 2.12. The molecule has 0 aliphatic carbocycles. The molecule has 1 aromatic carbocycles. The summed E-state index contributed by atoms with van der Waals surface area (Å²) in [5.41, 5.74) is -0.277. The van der Waals surface area contributed by atoms with Crippen LogP contribution in [0.1, 0.15) is 18.9 Å². The number of nitrogens with zero attached hydrogens (tertiary/aromatic N) is 1. The third-order valence-corrected chi connectivity index (χ3v) is 5.11. The molecule has 1 atom stereocenters. The van der Waals surface area contributed by atoms with Crippen LogP contribution in [-0.2, 0) is 10.0 Å². The number of thioether (sulfide) groups is 1. The standard InChI is InChI=1S/C12H15FN2O2S2/c1-9(18-2)5-6-15-19(16,17)11-3-4-12(13)10(7-11)8-14/h3-4,7,9,15H,5-6H2,1-2H3. The maximum Gasteiger partial charge on any atom is 0.240 e. The second kappa shape index (κ2) is 6.89. The second-order valence-electron chi connectivity index (χ2n) is 3.99. The summed E-state index contributed by atoms with van der Waals surface area (Å²) in [7, 11) is -3.69. The summed E-state index contributed by atoms with van der Waals surface area (Å²) in [6.07, 6.45) is 2.66. The van der Waals surface area contributed by atoms with E-state index in [2.05, 4.69) is 4.72 Å². The first kappa shape index (κ1) is 16.0. The third kappa shape index (κ3) is 4.49. The lowest BCUT2D eigenvalue weighted by Gasteiger charge is -2.10. The molecule has 0 spiro atoms. The van der Waals surface area contributed by atoms with E-state index < -0.39 is 15.8 Å². The number of hydrogen-bond acceptors (Lipinski definition) is 4. The molecule has 104 valence electrons. The Balaban J connectivity index is 2.81. The van der Waals surface area contributed by atoms with Gasteiger partial charge in [0.25, 0.3) is 0 Å². The van der Waals surface area contributed by atoms with Gasteiger partial charge in [0, 0.05) is 11.8 Å². The van der Waals surface area contributed by atoms with Crippen molar-refractivity contribution in [1.29, 1.82) is 5.26 Å². The summed E-state index contributed by atoms with van der Waals surface area (Å²) in [5, 5.41) is 9.03. The van der Waals surface area contributed by atoms with E-state index >= 15 is 0 Å². The number of halogens is 1. The Morgan fingerprint density at radius 3 is 2.79 bits per heavy atom. The molecule has 0 saturated heterocycles. The zero-order valence-electron chi connectivity index (χ0n) is 10.7. The molecule has 19 heavy (non-hydrogen) atoms. The van der Waals surface area contributed by atoms with Gasteiger partial charge in [-0.25, -0.2) is 17.5 Å². The van der Waals surface area contributed by atoms with Crippen LogP contribution < -0.4 is 4.72 Å². The van der Waals surface area contributed by atoms with Crippen LogP contribution >= 0.6 is 11.8 Å². The van der Waals surface area contributed by atoms with Gasteiger partial charge in [-0.2, -0.15) is 17.0 Å². The van der Waals surface area contributed by atoms with Crippen LogP contribution in [0.4, 0.5) is 4.39 Å². The molecule has 1 N–H and O–H groups in total. The predicted molar refractivity (Wildman–Crippen MR) is 73.9 cm³/mol. The molecule has 0 bridgehead atoms. The average Bonchev–Trinajstić information content (AvgIpc) is 2.38. The van der Waals surface area contributed by atoms with E-state index in [0.717, 1.165) is 18.2 Å². The molecule has 1 aromatic rings. The molecule has 0 aliphatic heterocycles. The molecule has 0 radical (unpaired) electrons. The average molecular weight is 302 g/mol. The Bertz CT molecular complexity index is 582. The lowest BCUT2D eigenvalue weighted by molar-refractivity contribution is 0.578. The molecule has 1 unspecified atom stereocenters. The van der Waals surface area contributed by atoms with E-state index in [1.165, 1.54) is 0 Å². The number of nitrogens with one attached hydrogen (secondary N) is 1. The van der Waals surface area contributed by atoms with Crippen LogP contribution in [0.25, 0.3) is 0 Å². The van der Waals surface area contributed by atoms with Gasteiger partial charge in [-0.3, -0.25) is 0 Å². The van der Waals surface area contributed by atoms with Crippen molar-refractivity contribution in [2.24, 2.45) is 0 Å². The highest BCUT2D eigenvalue weighted by Gasteiger charge is 2.16. The normalized spacial score (nSPS) is 12.9. The summed E-state index contributed by atoms with van der Waals surface area (Å²) >= 11 is 1.65. The van der Waals surface area contributed by atoms with Crippen LogP contribution in [0, 0.1) is 17.1 Å². The first-order valence-corrected chi connectivity index (χ1v) is 8.40. The van der Waals surface area contributed by atoms with E-state index in [0.29, 0.717) is 18.2 Å². The molecule has 0 saturated carbocycles. The minimum Gasteiger partial charge on any atom is -0.211 e. The van der Waals surface area contributed by atoms with Crippen molar-refractivity contribution in [3.8, 4) is 6.07 Å². The van der Waals surface area contributed by atoms with E-state index in [9.17, 15) is 12.8 Å². The van der Waals surface area contributed by atoms with Crippen LogP contribution in [0.5, 0.6) is 0 Å². The Hall–Kier alpha value is -1.10. The van der Waals surface area contributed by atoms with Crippen molar-refractivity contribution in [3.63, 3.8) is 0 Å². The Labute approximate surface area is 117 Å². The van der Waals surface area contributed by atoms with E-state index in [4.69, 9.17) is 5.26 Å². The van der Waals surface area contributed by atoms with Gasteiger partial charge in [0.05, 0.1) is 10.5 Å². The Morgan fingerprint density at radius 2 is 2.21 bits per heavy atom. The van der Waals surface area contributed by atoms with Gasteiger partial charge >= 0.3 is 0 Å². The first-order valence-electron chi connectivity index (χ1n) is 5.63. The molecular weight excluding hydrogens is 287 g/mol. The lowest BCUT2D eigenvalue weighted by atomic mass is 10.2. The lowest BCUT2D eigenvalue weighted by Crippen LogP contribution is -2.26. The number of sulfonamides is 1. The maximum absolute atomic E-state index is 13.1. The van der Waals surface area contributed by atoms with Gasteiger partial charge in [0.2, 0.25) is 10.0 Å². The molecule has 1 rings (SSSR count). The van der Waals surface area contributed by atoms with Gasteiger partial charge in [0.1, 0.15) is 11.9 Å². The van der Waals surface area contributed by atoms with Crippen LogP contribution in [0.2, 0.25) is 0 Å². The third-order valence-electron chi connectivity index (χ3n) is 2.61. The number of benzene rings is 1. The highest BCUT2D eigenvalue weighted by molar-refractivity contribution is 7.99. The molecule has 0 aromatic heterocycles. The van der Waals surface area contributed by atoms with E-state index in [1.807, 2.05) is 13.2 Å². The SMILES string of the molecule is CSC(C)CCNS(=O)(=O)c1ccc(F)c(C#N)c1. The minimum atomic E-state index is -3.69. The summed E-state index contributed by atoms with van der Waals surface area (Å²) in [6.45, 7) is 2.31. The van der Waals surface area contributed by atoms with Crippen LogP contribution in [0.3, 0.4) is 0 Å². The monoisotopic (exact) mass is 302 g/mol. The van der Waals surface area contributed by atoms with E-state index in [-0.39, 0.29) is 10.5 Å².